The molecule has 3 aromatic rings. The molecule has 0 atom stereocenters. The average Bonchev–Trinajstić information content (AvgIpc) is 3.23. The molecule has 30 heavy (non-hydrogen) atoms. The van der Waals surface area contributed by atoms with Crippen molar-refractivity contribution in [1.29, 1.82) is 0 Å². The van der Waals surface area contributed by atoms with E-state index in [0.717, 1.165) is 32.0 Å². The van der Waals surface area contributed by atoms with E-state index >= 15 is 0 Å². The molecule has 3 aromatic heterocycles. The Kier molecular flexibility index (Phi) is 5.87. The normalized spacial score (nSPS) is 13.7. The van der Waals surface area contributed by atoms with Crippen LogP contribution in [0.25, 0.3) is 0 Å². The maximum atomic E-state index is 12.6. The zero-order chi connectivity index (χ0) is 20.9. The lowest BCUT2D eigenvalue weighted by Gasteiger charge is -2.28. The smallest absolute Gasteiger partial charge is 0.275 e. The number of aromatic nitrogens is 4. The molecule has 0 radical (unpaired) electrons. The molecule has 4 rings (SSSR count). The van der Waals surface area contributed by atoms with E-state index in [9.17, 15) is 9.59 Å². The molecule has 4 N–H and O–H groups in total. The first kappa shape index (κ1) is 19.8. The van der Waals surface area contributed by atoms with Crippen molar-refractivity contribution >= 4 is 40.6 Å². The van der Waals surface area contributed by atoms with Crippen LogP contribution in [0.3, 0.4) is 0 Å². The monoisotopic (exact) mass is 426 g/mol. The number of halogens is 1. The van der Waals surface area contributed by atoms with E-state index in [1.54, 1.807) is 12.3 Å². The lowest BCUT2D eigenvalue weighted by molar-refractivity contribution is 0.102. The van der Waals surface area contributed by atoms with E-state index in [0.29, 0.717) is 10.7 Å². The van der Waals surface area contributed by atoms with Crippen molar-refractivity contribution in [1.82, 2.24) is 25.5 Å². The third-order valence-corrected chi connectivity index (χ3v) is 4.74. The number of aromatic amines is 1. The number of pyridine rings is 2. The summed E-state index contributed by atoms with van der Waals surface area (Å²) in [6, 6.07) is 5.13. The number of nitrogens with zero attached hydrogens (tertiary/aromatic N) is 4. The van der Waals surface area contributed by atoms with Gasteiger partial charge in [-0.05, 0) is 18.2 Å². The van der Waals surface area contributed by atoms with Crippen LogP contribution in [0.1, 0.15) is 20.8 Å². The second-order valence-electron chi connectivity index (χ2n) is 6.60. The van der Waals surface area contributed by atoms with Crippen LogP contribution in [0, 0.1) is 0 Å². The van der Waals surface area contributed by atoms with Gasteiger partial charge >= 0.3 is 0 Å². The first-order chi connectivity index (χ1) is 14.6. The van der Waals surface area contributed by atoms with E-state index in [-0.39, 0.29) is 16.9 Å². The molecule has 1 fully saturated rings. The number of piperazine rings is 1. The minimum Gasteiger partial charge on any atom is -0.354 e. The molecule has 4 heterocycles. The Bertz CT molecular complexity index is 1050. The van der Waals surface area contributed by atoms with Crippen LogP contribution in [0.4, 0.5) is 17.2 Å². The third-order valence-electron chi connectivity index (χ3n) is 4.53. The molecule has 154 valence electrons. The second kappa shape index (κ2) is 8.89. The highest BCUT2D eigenvalue weighted by Gasteiger charge is 2.18. The number of nitrogens with one attached hydrogen (secondary N) is 4. The molecule has 10 nitrogen and oxygen atoms in total. The SMILES string of the molecule is O=C(Nc1cn[nH]c1C(=O)Nc1ccc(N2CCNCC2)nc1)c1cncc(Cl)c1. The maximum Gasteiger partial charge on any atom is 0.275 e. The first-order valence-electron chi connectivity index (χ1n) is 9.28. The Morgan fingerprint density at radius 2 is 1.87 bits per heavy atom. The number of hydrogen-bond donors (Lipinski definition) is 4. The standard InChI is InChI=1S/C19H19ClN8O2/c20-13-7-12(8-22-9-13)18(29)26-15-11-24-27-17(15)19(30)25-14-1-2-16(23-10-14)28-5-3-21-4-6-28/h1-2,7-11,21H,3-6H2,(H,24,27)(H,25,30)(H,26,29). The molecule has 1 aliphatic rings. The van der Waals surface area contributed by atoms with Crippen LogP contribution in [0.15, 0.2) is 43.0 Å². The first-order valence-corrected chi connectivity index (χ1v) is 9.66. The fraction of sp³-hybridized carbons (Fsp3) is 0.211. The van der Waals surface area contributed by atoms with Gasteiger partial charge in [-0.25, -0.2) is 4.98 Å². The molecule has 0 spiro atoms. The molecule has 0 aromatic carbocycles. The van der Waals surface area contributed by atoms with Crippen molar-refractivity contribution in [2.24, 2.45) is 0 Å². The molecule has 2 amide bonds. The third kappa shape index (κ3) is 4.56. The Morgan fingerprint density at radius 3 is 2.60 bits per heavy atom. The van der Waals surface area contributed by atoms with Crippen LogP contribution < -0.4 is 20.9 Å². The fourth-order valence-corrected chi connectivity index (χ4v) is 3.19. The predicted octanol–water partition coefficient (Wildman–Crippen LogP) is 1.77. The van der Waals surface area contributed by atoms with Crippen molar-refractivity contribution < 1.29 is 9.59 Å². The molecule has 11 heteroatoms. The van der Waals surface area contributed by atoms with Crippen molar-refractivity contribution in [3.63, 3.8) is 0 Å². The lowest BCUT2D eigenvalue weighted by Crippen LogP contribution is -2.43. The van der Waals surface area contributed by atoms with Crippen molar-refractivity contribution in [2.75, 3.05) is 41.7 Å². The Labute approximate surface area is 177 Å². The Balaban J connectivity index is 1.42. The van der Waals surface area contributed by atoms with Crippen LogP contribution in [-0.4, -0.2) is 58.2 Å². The number of H-pyrrole nitrogens is 1. The average molecular weight is 427 g/mol. The van der Waals surface area contributed by atoms with Crippen molar-refractivity contribution in [3.05, 3.63) is 59.3 Å². The summed E-state index contributed by atoms with van der Waals surface area (Å²) < 4.78 is 0. The molecule has 0 saturated carbocycles. The highest BCUT2D eigenvalue weighted by molar-refractivity contribution is 6.30. The van der Waals surface area contributed by atoms with Crippen LogP contribution in [0.5, 0.6) is 0 Å². The number of anilines is 3. The second-order valence-corrected chi connectivity index (χ2v) is 7.04. The minimum absolute atomic E-state index is 0.115. The van der Waals surface area contributed by atoms with Crippen LogP contribution in [-0.2, 0) is 0 Å². The molecule has 0 aliphatic carbocycles. The summed E-state index contributed by atoms with van der Waals surface area (Å²) in [4.78, 5) is 35.5. The lowest BCUT2D eigenvalue weighted by atomic mass is 10.2. The Morgan fingerprint density at radius 1 is 1.03 bits per heavy atom. The number of rotatable bonds is 5. The van der Waals surface area contributed by atoms with Crippen molar-refractivity contribution in [2.45, 2.75) is 0 Å². The van der Waals surface area contributed by atoms with Gasteiger partial charge in [0.25, 0.3) is 11.8 Å². The number of carbonyl (C=O) groups excluding carboxylic acids is 2. The minimum atomic E-state index is -0.456. The van der Waals surface area contributed by atoms with Crippen molar-refractivity contribution in [3.8, 4) is 0 Å². The Hall–Kier alpha value is -3.50. The largest absolute Gasteiger partial charge is 0.354 e. The number of carbonyl (C=O) groups is 2. The molecular formula is C19H19ClN8O2. The summed E-state index contributed by atoms with van der Waals surface area (Å²) in [5.74, 6) is -0.0506. The number of amides is 2. The summed E-state index contributed by atoms with van der Waals surface area (Å²) in [7, 11) is 0. The highest BCUT2D eigenvalue weighted by atomic mass is 35.5. The van der Waals surface area contributed by atoms with E-state index in [2.05, 4.69) is 41.0 Å². The molecular weight excluding hydrogens is 408 g/mol. The van der Waals surface area contributed by atoms with Gasteiger partial charge in [0.1, 0.15) is 11.5 Å². The summed E-state index contributed by atoms with van der Waals surface area (Å²) in [6.45, 7) is 3.61. The highest BCUT2D eigenvalue weighted by Crippen LogP contribution is 2.18. The summed E-state index contributed by atoms with van der Waals surface area (Å²) in [5, 5.41) is 15.5. The van der Waals surface area contributed by atoms with E-state index in [1.807, 2.05) is 6.07 Å². The van der Waals surface area contributed by atoms with E-state index < -0.39 is 11.8 Å². The quantitative estimate of drug-likeness (QED) is 0.489. The van der Waals surface area contributed by atoms with Gasteiger partial charge < -0.3 is 20.9 Å². The van der Waals surface area contributed by atoms with Gasteiger partial charge in [-0.1, -0.05) is 11.6 Å². The van der Waals surface area contributed by atoms with Crippen LogP contribution in [0.2, 0.25) is 5.02 Å². The van der Waals surface area contributed by atoms with Gasteiger partial charge in [0.15, 0.2) is 0 Å². The summed E-state index contributed by atoms with van der Waals surface area (Å²) in [5.41, 5.74) is 1.15. The summed E-state index contributed by atoms with van der Waals surface area (Å²) in [6.07, 6.45) is 5.77. The van der Waals surface area contributed by atoms with Gasteiger partial charge in [-0.3, -0.25) is 19.7 Å². The molecule has 1 aliphatic heterocycles. The van der Waals surface area contributed by atoms with E-state index in [1.165, 1.54) is 24.7 Å². The number of hydrogen-bond acceptors (Lipinski definition) is 7. The van der Waals surface area contributed by atoms with Gasteiger partial charge in [0.05, 0.1) is 34.4 Å². The fourth-order valence-electron chi connectivity index (χ4n) is 3.02. The van der Waals surface area contributed by atoms with Crippen LogP contribution >= 0.6 is 11.6 Å². The van der Waals surface area contributed by atoms with Gasteiger partial charge in [-0.15, -0.1) is 0 Å². The maximum absolute atomic E-state index is 12.6. The topological polar surface area (TPSA) is 128 Å². The van der Waals surface area contributed by atoms with Gasteiger partial charge in [-0.2, -0.15) is 5.10 Å². The zero-order valence-electron chi connectivity index (χ0n) is 15.9. The van der Waals surface area contributed by atoms with E-state index in [4.69, 9.17) is 11.6 Å². The summed E-state index contributed by atoms with van der Waals surface area (Å²) >= 11 is 5.87. The molecule has 0 bridgehead atoms. The van der Waals surface area contributed by atoms with Gasteiger partial charge in [0, 0.05) is 38.6 Å². The molecule has 1 saturated heterocycles. The molecule has 0 unspecified atom stereocenters. The van der Waals surface area contributed by atoms with Gasteiger partial charge in [0.2, 0.25) is 0 Å². The zero-order valence-corrected chi connectivity index (χ0v) is 16.6. The predicted molar refractivity (Wildman–Crippen MR) is 113 cm³/mol.